The molecule has 0 radical (unpaired) electrons. The van der Waals surface area contributed by atoms with Gasteiger partial charge < -0.3 is 9.52 Å². The van der Waals surface area contributed by atoms with Crippen LogP contribution in [-0.4, -0.2) is 16.1 Å². The first-order valence-electron chi connectivity index (χ1n) is 3.46. The second-order valence-corrected chi connectivity index (χ2v) is 2.23. The van der Waals surface area contributed by atoms with Crippen molar-refractivity contribution in [3.63, 3.8) is 0 Å². The van der Waals surface area contributed by atoms with Crippen molar-refractivity contribution in [3.8, 4) is 0 Å². The number of nitrogens with zero attached hydrogens (tertiary/aromatic N) is 1. The Balaban J connectivity index is 2.81. The normalized spacial score (nSPS) is 12.8. The second kappa shape index (κ2) is 3.34. The lowest BCUT2D eigenvalue weighted by Crippen LogP contribution is -2.06. The first-order chi connectivity index (χ1) is 5.65. The molecule has 12 heavy (non-hydrogen) atoms. The molecule has 5 heteroatoms. The average Bonchev–Trinajstić information content (AvgIpc) is 2.50. The maximum Gasteiger partial charge on any atom is 0.348 e. The minimum Gasteiger partial charge on any atom is -0.479 e. The number of carboxylic acids is 1. The van der Waals surface area contributed by atoms with Gasteiger partial charge in [-0.05, 0) is 6.42 Å². The molecule has 0 saturated heterocycles. The summed E-state index contributed by atoms with van der Waals surface area (Å²) in [5.41, 5.74) is 0.550. The Morgan fingerprint density at radius 3 is 3.00 bits per heavy atom. The number of alkyl halides is 1. The molecular weight excluding hydrogens is 165 g/mol. The molecule has 0 amide bonds. The zero-order valence-corrected chi connectivity index (χ0v) is 6.45. The van der Waals surface area contributed by atoms with E-state index in [1.54, 1.807) is 0 Å². The van der Waals surface area contributed by atoms with E-state index in [1.165, 1.54) is 6.26 Å². The highest BCUT2D eigenvalue weighted by molar-refractivity contribution is 5.72. The molecule has 0 saturated carbocycles. The lowest BCUT2D eigenvalue weighted by Gasteiger charge is -1.94. The van der Waals surface area contributed by atoms with Crippen LogP contribution >= 0.6 is 0 Å². The molecule has 0 aliphatic rings. The molecule has 4 nitrogen and oxygen atoms in total. The third kappa shape index (κ3) is 1.61. The van der Waals surface area contributed by atoms with E-state index in [0.29, 0.717) is 12.1 Å². The molecule has 1 atom stereocenters. The van der Waals surface area contributed by atoms with Gasteiger partial charge in [-0.15, -0.1) is 0 Å². The number of aromatic nitrogens is 1. The topological polar surface area (TPSA) is 63.3 Å². The highest BCUT2D eigenvalue weighted by atomic mass is 19.1. The van der Waals surface area contributed by atoms with Crippen molar-refractivity contribution in [2.75, 3.05) is 0 Å². The van der Waals surface area contributed by atoms with Crippen molar-refractivity contribution in [1.29, 1.82) is 0 Å². The number of hydrogen-bond acceptors (Lipinski definition) is 3. The van der Waals surface area contributed by atoms with Gasteiger partial charge in [-0.25, -0.2) is 14.2 Å². The molecule has 0 bridgehead atoms. The molecule has 1 heterocycles. The standard InChI is InChI=1S/C7H8FNO3/c1-2-4-3-12-6(9-4)5(8)7(10)11/h3,5H,2H2,1H3,(H,10,11). The van der Waals surface area contributed by atoms with E-state index in [2.05, 4.69) is 9.40 Å². The number of halogens is 1. The third-order valence-electron chi connectivity index (χ3n) is 1.37. The van der Waals surface area contributed by atoms with Crippen molar-refractivity contribution < 1.29 is 18.7 Å². The predicted molar refractivity (Wildman–Crippen MR) is 37.4 cm³/mol. The van der Waals surface area contributed by atoms with Crippen molar-refractivity contribution in [3.05, 3.63) is 17.8 Å². The molecule has 66 valence electrons. The van der Waals surface area contributed by atoms with Crippen molar-refractivity contribution in [1.82, 2.24) is 4.98 Å². The molecule has 0 aromatic carbocycles. The van der Waals surface area contributed by atoms with E-state index < -0.39 is 12.1 Å². The minimum atomic E-state index is -2.16. The van der Waals surface area contributed by atoms with Crippen LogP contribution in [0.15, 0.2) is 10.7 Å². The van der Waals surface area contributed by atoms with Crippen LogP contribution in [0.4, 0.5) is 4.39 Å². The lowest BCUT2D eigenvalue weighted by atomic mass is 10.4. The van der Waals surface area contributed by atoms with Crippen molar-refractivity contribution in [2.24, 2.45) is 0 Å². The highest BCUT2D eigenvalue weighted by Crippen LogP contribution is 2.16. The van der Waals surface area contributed by atoms with Crippen LogP contribution in [0.3, 0.4) is 0 Å². The molecule has 1 rings (SSSR count). The van der Waals surface area contributed by atoms with Gasteiger partial charge in [-0.1, -0.05) is 6.92 Å². The number of aliphatic carboxylic acids is 1. The Kier molecular flexibility index (Phi) is 2.42. The molecule has 0 aliphatic carbocycles. The van der Waals surface area contributed by atoms with Gasteiger partial charge in [-0.3, -0.25) is 0 Å². The predicted octanol–water partition coefficient (Wildman–Crippen LogP) is 1.33. The van der Waals surface area contributed by atoms with Crippen molar-refractivity contribution in [2.45, 2.75) is 19.5 Å². The third-order valence-corrected chi connectivity index (χ3v) is 1.37. The van der Waals surface area contributed by atoms with E-state index in [9.17, 15) is 9.18 Å². The Labute approximate surface area is 68.0 Å². The summed E-state index contributed by atoms with van der Waals surface area (Å²) >= 11 is 0. The molecule has 0 spiro atoms. The highest BCUT2D eigenvalue weighted by Gasteiger charge is 2.23. The van der Waals surface area contributed by atoms with Gasteiger partial charge in [0.25, 0.3) is 6.17 Å². The van der Waals surface area contributed by atoms with E-state index in [4.69, 9.17) is 5.11 Å². The van der Waals surface area contributed by atoms with Gasteiger partial charge >= 0.3 is 5.97 Å². The first-order valence-corrected chi connectivity index (χ1v) is 3.46. The summed E-state index contributed by atoms with van der Waals surface area (Å²) in [6, 6.07) is 0. The molecule has 1 aromatic heterocycles. The molecular formula is C7H8FNO3. The fourth-order valence-corrected chi connectivity index (χ4v) is 0.707. The summed E-state index contributed by atoms with van der Waals surface area (Å²) < 4.78 is 17.3. The van der Waals surface area contributed by atoms with Gasteiger partial charge in [0.2, 0.25) is 5.89 Å². The van der Waals surface area contributed by atoms with Crippen LogP contribution in [-0.2, 0) is 11.2 Å². The van der Waals surface area contributed by atoms with Crippen LogP contribution in [0.25, 0.3) is 0 Å². The number of hydrogen-bond donors (Lipinski definition) is 1. The zero-order chi connectivity index (χ0) is 9.14. The largest absolute Gasteiger partial charge is 0.479 e. The number of carbonyl (C=O) groups is 1. The Morgan fingerprint density at radius 2 is 2.58 bits per heavy atom. The molecule has 0 fully saturated rings. The van der Waals surface area contributed by atoms with Gasteiger partial charge in [0, 0.05) is 0 Å². The fourth-order valence-electron chi connectivity index (χ4n) is 0.707. The summed E-state index contributed by atoms with van der Waals surface area (Å²) in [5, 5.41) is 8.24. The lowest BCUT2D eigenvalue weighted by molar-refractivity contribution is -0.143. The van der Waals surface area contributed by atoms with E-state index in [1.807, 2.05) is 6.92 Å². The van der Waals surface area contributed by atoms with Crippen LogP contribution in [0.2, 0.25) is 0 Å². The summed E-state index contributed by atoms with van der Waals surface area (Å²) in [7, 11) is 0. The Morgan fingerprint density at radius 1 is 1.92 bits per heavy atom. The number of rotatable bonds is 3. The molecule has 1 N–H and O–H groups in total. The van der Waals surface area contributed by atoms with Gasteiger partial charge in [0.05, 0.1) is 5.69 Å². The van der Waals surface area contributed by atoms with E-state index in [0.717, 1.165) is 0 Å². The Bertz CT molecular complexity index is 284. The fraction of sp³-hybridized carbons (Fsp3) is 0.429. The molecule has 0 aliphatic heterocycles. The summed E-state index contributed by atoms with van der Waals surface area (Å²) in [4.78, 5) is 13.7. The van der Waals surface area contributed by atoms with Crippen molar-refractivity contribution >= 4 is 5.97 Å². The summed E-state index contributed by atoms with van der Waals surface area (Å²) in [6.07, 6.45) is -0.314. The summed E-state index contributed by atoms with van der Waals surface area (Å²) in [5.74, 6) is -1.97. The minimum absolute atomic E-state index is 0.389. The van der Waals surface area contributed by atoms with Gasteiger partial charge in [-0.2, -0.15) is 0 Å². The Hall–Kier alpha value is -1.39. The summed E-state index contributed by atoms with van der Waals surface area (Å²) in [6.45, 7) is 1.82. The number of carboxylic acid groups (broad SMARTS) is 1. The quantitative estimate of drug-likeness (QED) is 0.748. The maximum atomic E-state index is 12.7. The van der Waals surface area contributed by atoms with Crippen LogP contribution in [0, 0.1) is 0 Å². The first kappa shape index (κ1) is 8.70. The maximum absolute atomic E-state index is 12.7. The van der Waals surface area contributed by atoms with Gasteiger partial charge in [0.15, 0.2) is 0 Å². The van der Waals surface area contributed by atoms with Crippen LogP contribution in [0.5, 0.6) is 0 Å². The number of aryl methyl sites for hydroxylation is 1. The van der Waals surface area contributed by atoms with Crippen LogP contribution < -0.4 is 0 Å². The van der Waals surface area contributed by atoms with Gasteiger partial charge in [0.1, 0.15) is 6.26 Å². The smallest absolute Gasteiger partial charge is 0.348 e. The molecule has 1 aromatic rings. The zero-order valence-electron chi connectivity index (χ0n) is 6.45. The van der Waals surface area contributed by atoms with E-state index in [-0.39, 0.29) is 5.89 Å². The SMILES string of the molecule is CCc1coc(C(F)C(=O)O)n1. The number of oxazole rings is 1. The average molecular weight is 173 g/mol. The van der Waals surface area contributed by atoms with E-state index >= 15 is 0 Å². The molecule has 1 unspecified atom stereocenters. The monoisotopic (exact) mass is 173 g/mol. The van der Waals surface area contributed by atoms with Crippen LogP contribution in [0.1, 0.15) is 24.7 Å². The second-order valence-electron chi connectivity index (χ2n) is 2.23.